The van der Waals surface area contributed by atoms with Gasteiger partial charge in [0.05, 0.1) is 5.56 Å². The first kappa shape index (κ1) is 15.9. The van der Waals surface area contributed by atoms with Crippen molar-refractivity contribution in [1.29, 1.82) is 0 Å². The normalized spacial score (nSPS) is 11.0. The van der Waals surface area contributed by atoms with Crippen molar-refractivity contribution in [2.45, 2.75) is 19.9 Å². The Morgan fingerprint density at radius 3 is 2.62 bits per heavy atom. The molecule has 8 nitrogen and oxygen atoms in total. The van der Waals surface area contributed by atoms with Crippen LogP contribution in [0, 0.1) is 0 Å². The SMILES string of the molecule is CCc1ccc(-c2noc(Cn3cc(-c4nnco4)ccc3=O)n2)cc1. The van der Waals surface area contributed by atoms with Crippen LogP contribution in [0.2, 0.25) is 0 Å². The van der Waals surface area contributed by atoms with Crippen molar-refractivity contribution in [1.82, 2.24) is 24.9 Å². The molecule has 1 aromatic carbocycles. The third-order valence-corrected chi connectivity index (χ3v) is 3.98. The summed E-state index contributed by atoms with van der Waals surface area (Å²) in [6.07, 6.45) is 3.83. The van der Waals surface area contributed by atoms with Gasteiger partial charge < -0.3 is 13.5 Å². The Bertz CT molecular complexity index is 1060. The van der Waals surface area contributed by atoms with Gasteiger partial charge >= 0.3 is 0 Å². The number of aromatic nitrogens is 5. The maximum atomic E-state index is 12.1. The highest BCUT2D eigenvalue weighted by molar-refractivity contribution is 5.54. The Morgan fingerprint density at radius 2 is 1.88 bits per heavy atom. The first-order valence-electron chi connectivity index (χ1n) is 8.12. The van der Waals surface area contributed by atoms with Crippen molar-refractivity contribution in [3.8, 4) is 22.8 Å². The molecule has 4 rings (SSSR count). The van der Waals surface area contributed by atoms with E-state index in [0.29, 0.717) is 23.2 Å². The molecule has 0 unspecified atom stereocenters. The maximum Gasteiger partial charge on any atom is 0.251 e. The molecule has 3 heterocycles. The summed E-state index contributed by atoms with van der Waals surface area (Å²) in [6, 6.07) is 11.0. The zero-order valence-electron chi connectivity index (χ0n) is 14.0. The summed E-state index contributed by atoms with van der Waals surface area (Å²) in [5, 5.41) is 11.5. The highest BCUT2D eigenvalue weighted by Crippen LogP contribution is 2.18. The maximum absolute atomic E-state index is 12.1. The first-order valence-corrected chi connectivity index (χ1v) is 8.12. The lowest BCUT2D eigenvalue weighted by Crippen LogP contribution is -2.19. The summed E-state index contributed by atoms with van der Waals surface area (Å²) in [4.78, 5) is 16.5. The fourth-order valence-electron chi connectivity index (χ4n) is 2.55. The van der Waals surface area contributed by atoms with Crippen molar-refractivity contribution >= 4 is 0 Å². The molecule has 0 aliphatic rings. The number of benzene rings is 1. The minimum atomic E-state index is -0.194. The van der Waals surface area contributed by atoms with Crippen LogP contribution in [0.1, 0.15) is 18.4 Å². The summed E-state index contributed by atoms with van der Waals surface area (Å²) in [5.41, 5.74) is 2.54. The van der Waals surface area contributed by atoms with E-state index in [1.807, 2.05) is 24.3 Å². The number of pyridine rings is 1. The van der Waals surface area contributed by atoms with Crippen LogP contribution in [-0.2, 0) is 13.0 Å². The van der Waals surface area contributed by atoms with Crippen molar-refractivity contribution in [3.63, 3.8) is 0 Å². The molecule has 26 heavy (non-hydrogen) atoms. The fourth-order valence-corrected chi connectivity index (χ4v) is 2.55. The number of nitrogens with zero attached hydrogens (tertiary/aromatic N) is 5. The third-order valence-electron chi connectivity index (χ3n) is 3.98. The second-order valence-corrected chi connectivity index (χ2v) is 5.69. The lowest BCUT2D eigenvalue weighted by Gasteiger charge is -2.03. The Balaban J connectivity index is 1.59. The van der Waals surface area contributed by atoms with E-state index in [4.69, 9.17) is 8.94 Å². The third kappa shape index (κ3) is 3.16. The van der Waals surface area contributed by atoms with Gasteiger partial charge in [-0.1, -0.05) is 36.3 Å². The van der Waals surface area contributed by atoms with Crippen molar-refractivity contribution < 1.29 is 8.94 Å². The van der Waals surface area contributed by atoms with Gasteiger partial charge in [-0.05, 0) is 18.1 Å². The van der Waals surface area contributed by atoms with E-state index in [0.717, 1.165) is 12.0 Å². The summed E-state index contributed by atoms with van der Waals surface area (Å²) in [6.45, 7) is 2.25. The Hall–Kier alpha value is -3.55. The Labute approximate surface area is 148 Å². The Morgan fingerprint density at radius 1 is 1.08 bits per heavy atom. The van der Waals surface area contributed by atoms with Crippen LogP contribution in [0.25, 0.3) is 22.8 Å². The molecule has 0 aliphatic heterocycles. The zero-order valence-corrected chi connectivity index (χ0v) is 14.0. The van der Waals surface area contributed by atoms with E-state index in [9.17, 15) is 4.79 Å². The molecule has 3 aromatic heterocycles. The number of hydrogen-bond acceptors (Lipinski definition) is 7. The summed E-state index contributed by atoms with van der Waals surface area (Å²) >= 11 is 0. The predicted octanol–water partition coefficient (Wildman–Crippen LogP) is 2.56. The highest BCUT2D eigenvalue weighted by Gasteiger charge is 2.11. The number of aryl methyl sites for hydroxylation is 1. The van der Waals surface area contributed by atoms with Gasteiger partial charge in [-0.3, -0.25) is 4.79 Å². The van der Waals surface area contributed by atoms with E-state index in [2.05, 4.69) is 27.3 Å². The average molecular weight is 349 g/mol. The van der Waals surface area contributed by atoms with Crippen molar-refractivity contribution in [2.75, 3.05) is 0 Å². The molecule has 0 saturated carbocycles. The second kappa shape index (κ2) is 6.75. The first-order chi connectivity index (χ1) is 12.7. The Kier molecular flexibility index (Phi) is 4.14. The molecule has 0 radical (unpaired) electrons. The van der Waals surface area contributed by atoms with Gasteiger partial charge in [0.1, 0.15) is 6.54 Å². The van der Waals surface area contributed by atoms with Crippen LogP contribution < -0.4 is 5.56 Å². The van der Waals surface area contributed by atoms with Gasteiger partial charge in [0.25, 0.3) is 5.56 Å². The second-order valence-electron chi connectivity index (χ2n) is 5.69. The molecule has 0 fully saturated rings. The van der Waals surface area contributed by atoms with Gasteiger partial charge in [-0.25, -0.2) is 0 Å². The lowest BCUT2D eigenvalue weighted by atomic mass is 10.1. The van der Waals surface area contributed by atoms with Crippen molar-refractivity contribution in [2.24, 2.45) is 0 Å². The molecule has 0 spiro atoms. The summed E-state index contributed by atoms with van der Waals surface area (Å²) in [5.74, 6) is 1.16. The summed E-state index contributed by atoms with van der Waals surface area (Å²) < 4.78 is 11.9. The van der Waals surface area contributed by atoms with Crippen LogP contribution in [0.5, 0.6) is 0 Å². The van der Waals surface area contributed by atoms with Crippen LogP contribution in [0.3, 0.4) is 0 Å². The molecule has 0 bridgehead atoms. The van der Waals surface area contributed by atoms with Crippen LogP contribution in [0.4, 0.5) is 0 Å². The molecular weight excluding hydrogens is 334 g/mol. The van der Waals surface area contributed by atoms with Gasteiger partial charge in [-0.2, -0.15) is 4.98 Å². The zero-order chi connectivity index (χ0) is 17.9. The van der Waals surface area contributed by atoms with E-state index < -0.39 is 0 Å². The van der Waals surface area contributed by atoms with Crippen LogP contribution in [-0.4, -0.2) is 24.9 Å². The van der Waals surface area contributed by atoms with E-state index in [-0.39, 0.29) is 12.1 Å². The van der Waals surface area contributed by atoms with Crippen LogP contribution in [0.15, 0.2) is 62.7 Å². The standard InChI is InChI=1S/C18H15N5O3/c1-2-12-3-5-13(6-4-12)17-20-15(26-22-17)10-23-9-14(7-8-16(23)24)18-21-19-11-25-18/h3-9,11H,2,10H2,1H3. The minimum absolute atomic E-state index is 0.154. The molecule has 0 N–H and O–H groups in total. The molecule has 0 aliphatic carbocycles. The average Bonchev–Trinajstić information content (AvgIpc) is 3.36. The topological polar surface area (TPSA) is 99.8 Å². The van der Waals surface area contributed by atoms with E-state index in [1.165, 1.54) is 22.6 Å². The lowest BCUT2D eigenvalue weighted by molar-refractivity contribution is 0.370. The monoisotopic (exact) mass is 349 g/mol. The van der Waals surface area contributed by atoms with Gasteiger partial charge in [0, 0.05) is 17.8 Å². The molecule has 0 saturated heterocycles. The smallest absolute Gasteiger partial charge is 0.251 e. The number of hydrogen-bond donors (Lipinski definition) is 0. The minimum Gasteiger partial charge on any atom is -0.423 e. The van der Waals surface area contributed by atoms with E-state index in [1.54, 1.807) is 12.3 Å². The molecular formula is C18H15N5O3. The molecule has 4 aromatic rings. The number of rotatable bonds is 5. The van der Waals surface area contributed by atoms with Gasteiger partial charge in [0.15, 0.2) is 0 Å². The summed E-state index contributed by atoms with van der Waals surface area (Å²) in [7, 11) is 0. The molecule has 0 atom stereocenters. The van der Waals surface area contributed by atoms with Crippen LogP contribution >= 0.6 is 0 Å². The molecule has 0 amide bonds. The molecule has 8 heteroatoms. The van der Waals surface area contributed by atoms with Gasteiger partial charge in [-0.15, -0.1) is 10.2 Å². The molecule has 130 valence electrons. The quantitative estimate of drug-likeness (QED) is 0.546. The van der Waals surface area contributed by atoms with Gasteiger partial charge in [0.2, 0.25) is 24.0 Å². The highest BCUT2D eigenvalue weighted by atomic mass is 16.5. The fraction of sp³-hybridized carbons (Fsp3) is 0.167. The largest absolute Gasteiger partial charge is 0.423 e. The van der Waals surface area contributed by atoms with E-state index >= 15 is 0 Å². The predicted molar refractivity (Wildman–Crippen MR) is 92.2 cm³/mol. The van der Waals surface area contributed by atoms with Crippen molar-refractivity contribution in [3.05, 3.63) is 70.8 Å².